The topological polar surface area (TPSA) is 67.9 Å². The van der Waals surface area contributed by atoms with Crippen LogP contribution < -0.4 is 5.32 Å². The molecule has 1 aliphatic heterocycles. The van der Waals surface area contributed by atoms with Crippen molar-refractivity contribution in [2.24, 2.45) is 0 Å². The fourth-order valence-electron chi connectivity index (χ4n) is 3.36. The molecule has 29 heavy (non-hydrogen) atoms. The van der Waals surface area contributed by atoms with Crippen molar-refractivity contribution in [1.29, 1.82) is 0 Å². The molecule has 1 aliphatic rings. The number of esters is 1. The zero-order chi connectivity index (χ0) is 20.8. The lowest BCUT2D eigenvalue weighted by Crippen LogP contribution is -2.44. The maximum absolute atomic E-state index is 12.2. The number of amides is 1. The standard InChI is InChI=1S/C22H25ClN2O4/c1-15-11-25(12-16(2)29-15)13-17-3-5-18(6-4-17)22(27)28-14-21(26)24-20-9-7-19(23)8-10-20/h3-10,15-16H,11-14H2,1-2H3,(H,24,26). The number of hydrogen-bond donors (Lipinski definition) is 1. The smallest absolute Gasteiger partial charge is 0.338 e. The Labute approximate surface area is 175 Å². The molecule has 0 saturated carbocycles. The van der Waals surface area contributed by atoms with E-state index in [4.69, 9.17) is 21.1 Å². The second-order valence-corrected chi connectivity index (χ2v) is 7.72. The average Bonchev–Trinajstić information content (AvgIpc) is 2.68. The van der Waals surface area contributed by atoms with E-state index in [0.717, 1.165) is 25.2 Å². The zero-order valence-corrected chi connectivity index (χ0v) is 17.3. The van der Waals surface area contributed by atoms with E-state index in [1.54, 1.807) is 36.4 Å². The molecule has 0 bridgehead atoms. The van der Waals surface area contributed by atoms with Crippen LogP contribution in [0.3, 0.4) is 0 Å². The van der Waals surface area contributed by atoms with Crippen LogP contribution in [-0.2, 0) is 20.8 Å². The van der Waals surface area contributed by atoms with Gasteiger partial charge in [0, 0.05) is 30.3 Å². The molecule has 6 nitrogen and oxygen atoms in total. The second kappa shape index (κ2) is 9.87. The van der Waals surface area contributed by atoms with Crippen LogP contribution in [0.25, 0.3) is 0 Å². The highest BCUT2D eigenvalue weighted by atomic mass is 35.5. The Hall–Kier alpha value is -2.41. The summed E-state index contributed by atoms with van der Waals surface area (Å²) in [5.41, 5.74) is 2.12. The van der Waals surface area contributed by atoms with E-state index in [-0.39, 0.29) is 18.8 Å². The Morgan fingerprint density at radius 3 is 2.31 bits per heavy atom. The Kier molecular flexibility index (Phi) is 7.25. The number of anilines is 1. The number of nitrogens with one attached hydrogen (secondary N) is 1. The highest BCUT2D eigenvalue weighted by molar-refractivity contribution is 6.30. The van der Waals surface area contributed by atoms with Crippen LogP contribution in [0.15, 0.2) is 48.5 Å². The fourth-order valence-corrected chi connectivity index (χ4v) is 3.49. The summed E-state index contributed by atoms with van der Waals surface area (Å²) in [6, 6.07) is 14.0. The number of morpholine rings is 1. The van der Waals surface area contributed by atoms with Crippen LogP contribution in [0, 0.1) is 0 Å². The summed E-state index contributed by atoms with van der Waals surface area (Å²) in [6.07, 6.45) is 0.430. The minimum atomic E-state index is -0.531. The Bertz CT molecular complexity index is 829. The predicted molar refractivity (Wildman–Crippen MR) is 112 cm³/mol. The molecule has 0 radical (unpaired) electrons. The van der Waals surface area contributed by atoms with Gasteiger partial charge in [-0.3, -0.25) is 9.69 Å². The lowest BCUT2D eigenvalue weighted by atomic mass is 10.1. The third kappa shape index (κ3) is 6.56. The van der Waals surface area contributed by atoms with E-state index in [2.05, 4.69) is 24.1 Å². The maximum Gasteiger partial charge on any atom is 0.338 e. The molecule has 154 valence electrons. The van der Waals surface area contributed by atoms with Gasteiger partial charge in [-0.05, 0) is 55.8 Å². The van der Waals surface area contributed by atoms with Crippen molar-refractivity contribution in [1.82, 2.24) is 4.90 Å². The molecule has 2 aromatic carbocycles. The first kappa shape index (κ1) is 21.3. The Morgan fingerprint density at radius 2 is 1.69 bits per heavy atom. The molecule has 1 amide bonds. The molecule has 2 aromatic rings. The number of carbonyl (C=O) groups is 2. The zero-order valence-electron chi connectivity index (χ0n) is 16.6. The Morgan fingerprint density at radius 1 is 1.07 bits per heavy atom. The van der Waals surface area contributed by atoms with E-state index in [1.807, 2.05) is 12.1 Å². The summed E-state index contributed by atoms with van der Waals surface area (Å²) >= 11 is 5.81. The fraction of sp³-hybridized carbons (Fsp3) is 0.364. The highest BCUT2D eigenvalue weighted by Gasteiger charge is 2.22. The van der Waals surface area contributed by atoms with Gasteiger partial charge in [-0.15, -0.1) is 0 Å². The third-order valence-corrected chi connectivity index (χ3v) is 4.81. The number of nitrogens with zero attached hydrogens (tertiary/aromatic N) is 1. The molecule has 3 rings (SSSR count). The van der Waals surface area contributed by atoms with Crippen molar-refractivity contribution in [3.05, 3.63) is 64.7 Å². The molecule has 1 fully saturated rings. The third-order valence-electron chi connectivity index (χ3n) is 4.55. The van der Waals surface area contributed by atoms with E-state index in [0.29, 0.717) is 16.3 Å². The van der Waals surface area contributed by atoms with Crippen LogP contribution >= 0.6 is 11.6 Å². The molecule has 7 heteroatoms. The SMILES string of the molecule is CC1CN(Cc2ccc(C(=O)OCC(=O)Nc3ccc(Cl)cc3)cc2)CC(C)O1. The maximum atomic E-state index is 12.2. The summed E-state index contributed by atoms with van der Waals surface area (Å²) < 4.78 is 10.9. The summed E-state index contributed by atoms with van der Waals surface area (Å²) in [4.78, 5) is 26.5. The summed E-state index contributed by atoms with van der Waals surface area (Å²) in [7, 11) is 0. The summed E-state index contributed by atoms with van der Waals surface area (Å²) in [5.74, 6) is -0.940. The second-order valence-electron chi connectivity index (χ2n) is 7.28. The van der Waals surface area contributed by atoms with Crippen molar-refractivity contribution in [3.63, 3.8) is 0 Å². The van der Waals surface area contributed by atoms with Gasteiger partial charge < -0.3 is 14.8 Å². The van der Waals surface area contributed by atoms with Crippen LogP contribution in [0.2, 0.25) is 5.02 Å². The number of ether oxygens (including phenoxy) is 2. The number of carbonyl (C=O) groups excluding carboxylic acids is 2. The monoisotopic (exact) mass is 416 g/mol. The first-order chi connectivity index (χ1) is 13.9. The molecule has 2 unspecified atom stereocenters. The predicted octanol–water partition coefficient (Wildman–Crippen LogP) is 3.74. The van der Waals surface area contributed by atoms with Gasteiger partial charge in [0.1, 0.15) is 0 Å². The molecule has 0 aliphatic carbocycles. The molecule has 0 spiro atoms. The molecule has 1 heterocycles. The Balaban J connectivity index is 1.47. The quantitative estimate of drug-likeness (QED) is 0.726. The summed E-state index contributed by atoms with van der Waals surface area (Å²) in [5, 5.41) is 3.23. The van der Waals surface area contributed by atoms with Gasteiger partial charge in [-0.25, -0.2) is 4.79 Å². The van der Waals surface area contributed by atoms with Gasteiger partial charge in [0.2, 0.25) is 0 Å². The van der Waals surface area contributed by atoms with Gasteiger partial charge in [0.25, 0.3) is 5.91 Å². The van der Waals surface area contributed by atoms with Crippen molar-refractivity contribution < 1.29 is 19.1 Å². The van der Waals surface area contributed by atoms with Gasteiger partial charge in [0.05, 0.1) is 17.8 Å². The minimum absolute atomic E-state index is 0.215. The largest absolute Gasteiger partial charge is 0.452 e. The van der Waals surface area contributed by atoms with Gasteiger partial charge in [-0.1, -0.05) is 23.7 Å². The van der Waals surface area contributed by atoms with E-state index in [1.165, 1.54) is 0 Å². The van der Waals surface area contributed by atoms with Crippen LogP contribution in [0.1, 0.15) is 29.8 Å². The first-order valence-electron chi connectivity index (χ1n) is 9.58. The van der Waals surface area contributed by atoms with Gasteiger partial charge >= 0.3 is 5.97 Å². The first-order valence-corrected chi connectivity index (χ1v) is 9.96. The van der Waals surface area contributed by atoms with Crippen molar-refractivity contribution in [2.75, 3.05) is 25.0 Å². The van der Waals surface area contributed by atoms with Crippen LogP contribution in [0.4, 0.5) is 5.69 Å². The molecular formula is C22H25ClN2O4. The van der Waals surface area contributed by atoms with Crippen molar-refractivity contribution in [2.45, 2.75) is 32.6 Å². The lowest BCUT2D eigenvalue weighted by Gasteiger charge is -2.35. The number of hydrogen-bond acceptors (Lipinski definition) is 5. The summed E-state index contributed by atoms with van der Waals surface area (Å²) in [6.45, 7) is 6.37. The molecular weight excluding hydrogens is 392 g/mol. The van der Waals surface area contributed by atoms with Crippen LogP contribution in [-0.4, -0.2) is 48.7 Å². The van der Waals surface area contributed by atoms with E-state index < -0.39 is 11.9 Å². The lowest BCUT2D eigenvalue weighted by molar-refractivity contribution is -0.119. The number of halogens is 1. The molecule has 0 aromatic heterocycles. The number of benzene rings is 2. The molecule has 1 N–H and O–H groups in total. The van der Waals surface area contributed by atoms with Gasteiger partial charge in [-0.2, -0.15) is 0 Å². The number of rotatable bonds is 6. The van der Waals surface area contributed by atoms with E-state index in [9.17, 15) is 9.59 Å². The average molecular weight is 417 g/mol. The highest BCUT2D eigenvalue weighted by Crippen LogP contribution is 2.16. The van der Waals surface area contributed by atoms with Gasteiger partial charge in [0.15, 0.2) is 6.61 Å². The van der Waals surface area contributed by atoms with Crippen LogP contribution in [0.5, 0.6) is 0 Å². The van der Waals surface area contributed by atoms with Crippen molar-refractivity contribution >= 4 is 29.2 Å². The normalized spacial score (nSPS) is 19.6. The van der Waals surface area contributed by atoms with E-state index >= 15 is 0 Å². The molecule has 1 saturated heterocycles. The van der Waals surface area contributed by atoms with Crippen molar-refractivity contribution in [3.8, 4) is 0 Å². The molecule has 2 atom stereocenters. The minimum Gasteiger partial charge on any atom is -0.452 e.